The van der Waals surface area contributed by atoms with Crippen molar-refractivity contribution in [1.29, 1.82) is 5.41 Å². The summed E-state index contributed by atoms with van der Waals surface area (Å²) >= 11 is 0. The van der Waals surface area contributed by atoms with Crippen molar-refractivity contribution in [3.8, 4) is 0 Å². The van der Waals surface area contributed by atoms with Crippen LogP contribution in [-0.4, -0.2) is 88.7 Å². The van der Waals surface area contributed by atoms with Gasteiger partial charge in [-0.15, -0.1) is 0 Å². The second-order valence-electron chi connectivity index (χ2n) is 12.7. The van der Waals surface area contributed by atoms with Gasteiger partial charge in [-0.05, 0) is 49.1 Å². The first kappa shape index (κ1) is 40.2. The molecule has 0 aliphatic rings. The highest BCUT2D eigenvalue weighted by Gasteiger charge is 2.33. The molecule has 16 heteroatoms. The lowest BCUT2D eigenvalue weighted by Crippen LogP contribution is -2.59. The van der Waals surface area contributed by atoms with E-state index in [0.29, 0.717) is 24.9 Å². The number of rotatable bonds is 21. The van der Waals surface area contributed by atoms with Gasteiger partial charge in [0, 0.05) is 36.5 Å². The maximum absolute atomic E-state index is 13.7. The fourth-order valence-electron chi connectivity index (χ4n) is 5.15. The number of carboxylic acids is 1. The van der Waals surface area contributed by atoms with Gasteiger partial charge < -0.3 is 48.1 Å². The van der Waals surface area contributed by atoms with Gasteiger partial charge in [0.1, 0.15) is 18.1 Å². The van der Waals surface area contributed by atoms with Crippen LogP contribution in [0.4, 0.5) is 0 Å². The first-order valence-corrected chi connectivity index (χ1v) is 16.3. The average molecular weight is 685 g/mol. The maximum Gasteiger partial charge on any atom is 0.303 e. The molecule has 0 aliphatic heterocycles. The molecule has 2 aromatic rings. The molecule has 0 aliphatic carbocycles. The van der Waals surface area contributed by atoms with Gasteiger partial charge in [0.15, 0.2) is 5.96 Å². The lowest BCUT2D eigenvalue weighted by Gasteiger charge is -2.27. The van der Waals surface area contributed by atoms with E-state index in [4.69, 9.17) is 16.9 Å². The fourth-order valence-corrected chi connectivity index (χ4v) is 5.15. The third kappa shape index (κ3) is 13.6. The van der Waals surface area contributed by atoms with Crippen LogP contribution in [0.15, 0.2) is 30.5 Å². The molecule has 16 nitrogen and oxygen atoms in total. The number of para-hydroxylation sites is 1. The number of aromatic nitrogens is 1. The van der Waals surface area contributed by atoms with E-state index in [1.807, 2.05) is 44.4 Å². The molecule has 1 aromatic heterocycles. The van der Waals surface area contributed by atoms with Crippen molar-refractivity contribution in [2.24, 2.45) is 23.3 Å². The van der Waals surface area contributed by atoms with E-state index in [0.717, 1.165) is 10.9 Å². The first-order chi connectivity index (χ1) is 23.1. The number of nitrogens with two attached hydrogens (primary N) is 2. The van der Waals surface area contributed by atoms with Crippen LogP contribution in [0.5, 0.6) is 0 Å². The van der Waals surface area contributed by atoms with Crippen LogP contribution in [0.2, 0.25) is 0 Å². The number of nitrogens with one attached hydrogen (secondary N) is 7. The monoisotopic (exact) mass is 684 g/mol. The van der Waals surface area contributed by atoms with Crippen LogP contribution >= 0.6 is 0 Å². The zero-order chi connectivity index (χ0) is 36.7. The van der Waals surface area contributed by atoms with E-state index in [2.05, 4.69) is 31.6 Å². The second-order valence-corrected chi connectivity index (χ2v) is 12.7. The number of hydrogen-bond acceptors (Lipinski definition) is 8. The van der Waals surface area contributed by atoms with E-state index in [1.54, 1.807) is 20.0 Å². The maximum atomic E-state index is 13.7. The minimum absolute atomic E-state index is 0.0128. The van der Waals surface area contributed by atoms with Crippen LogP contribution in [-0.2, 0) is 35.2 Å². The Bertz CT molecular complexity index is 1460. The fraction of sp³-hybridized carbons (Fsp3) is 0.545. The molecule has 0 fully saturated rings. The first-order valence-electron chi connectivity index (χ1n) is 16.3. The Morgan fingerprint density at radius 2 is 1.57 bits per heavy atom. The van der Waals surface area contributed by atoms with E-state index in [-0.39, 0.29) is 31.1 Å². The number of hydrogen-bond donors (Lipinski definition) is 10. The molecule has 4 amide bonds. The molecule has 269 valence electrons. The highest BCUT2D eigenvalue weighted by Crippen LogP contribution is 2.19. The zero-order valence-electron chi connectivity index (χ0n) is 28.4. The molecule has 0 saturated heterocycles. The third-order valence-electron chi connectivity index (χ3n) is 7.77. The minimum atomic E-state index is -1.39. The van der Waals surface area contributed by atoms with Gasteiger partial charge in [-0.25, -0.2) is 0 Å². The molecule has 1 aromatic carbocycles. The molecule has 0 saturated carbocycles. The van der Waals surface area contributed by atoms with Crippen LogP contribution in [0.3, 0.4) is 0 Å². The van der Waals surface area contributed by atoms with E-state index < -0.39 is 72.1 Å². The highest BCUT2D eigenvalue weighted by molar-refractivity contribution is 5.96. The van der Waals surface area contributed by atoms with E-state index >= 15 is 0 Å². The number of fused-ring (bicyclic) bond motifs is 1. The number of amides is 4. The third-order valence-corrected chi connectivity index (χ3v) is 7.77. The number of carboxylic acid groups (broad SMARTS) is 1. The number of H-pyrrole nitrogens is 1. The summed E-state index contributed by atoms with van der Waals surface area (Å²) in [6.45, 7) is 7.45. The van der Waals surface area contributed by atoms with Crippen molar-refractivity contribution in [2.45, 2.75) is 96.4 Å². The largest absolute Gasteiger partial charge is 0.481 e. The normalized spacial score (nSPS) is 14.3. The van der Waals surface area contributed by atoms with Crippen molar-refractivity contribution in [1.82, 2.24) is 31.6 Å². The summed E-state index contributed by atoms with van der Waals surface area (Å²) in [5, 5.41) is 30.5. The quantitative estimate of drug-likeness (QED) is 0.0474. The Morgan fingerprint density at radius 3 is 2.18 bits per heavy atom. The molecular formula is C33H50N9O7. The number of aromatic amines is 1. The molecule has 1 heterocycles. The Kier molecular flexibility index (Phi) is 16.2. The Morgan fingerprint density at radius 1 is 0.918 bits per heavy atom. The smallest absolute Gasteiger partial charge is 0.303 e. The average Bonchev–Trinajstić information content (AvgIpc) is 3.44. The molecule has 12 N–H and O–H groups in total. The van der Waals surface area contributed by atoms with Crippen LogP contribution in [0.1, 0.15) is 65.4 Å². The molecule has 2 rings (SSSR count). The van der Waals surface area contributed by atoms with Gasteiger partial charge in [-0.1, -0.05) is 45.9 Å². The number of carbonyl (C=O) groups is 5. The summed E-state index contributed by atoms with van der Waals surface area (Å²) in [4.78, 5) is 79.8. The lowest BCUT2D eigenvalue weighted by molar-refractivity contribution is -0.138. The summed E-state index contributed by atoms with van der Waals surface area (Å²) in [5.74, 6) is -4.64. The number of guanidine groups is 1. The second kappa shape index (κ2) is 19.7. The number of benzene rings is 1. The van der Waals surface area contributed by atoms with Crippen LogP contribution < -0.4 is 38.1 Å². The van der Waals surface area contributed by atoms with Gasteiger partial charge in [0.25, 0.3) is 0 Å². The van der Waals surface area contributed by atoms with Crippen molar-refractivity contribution >= 4 is 52.7 Å². The zero-order valence-corrected chi connectivity index (χ0v) is 28.4. The molecule has 0 bridgehead atoms. The van der Waals surface area contributed by atoms with Gasteiger partial charge in [0.2, 0.25) is 29.9 Å². The summed E-state index contributed by atoms with van der Waals surface area (Å²) in [5.41, 5.74) is 12.8. The van der Waals surface area contributed by atoms with Gasteiger partial charge in [-0.3, -0.25) is 34.2 Å². The van der Waals surface area contributed by atoms with Crippen molar-refractivity contribution in [3.05, 3.63) is 36.0 Å². The highest BCUT2D eigenvalue weighted by atomic mass is 16.4. The molecule has 0 spiro atoms. The molecule has 1 radical (unpaired) electrons. The summed E-state index contributed by atoms with van der Waals surface area (Å²) in [6, 6.07) is 1.74. The Labute approximate surface area is 285 Å². The standard InChI is InChI=1S/C33H50N9O7/c1-18(2)14-21(17-43)39-31(48)26(15-20-16-38-24-10-6-5-8-22(20)24)41-30(47)25(11-12-27(44)45)40-32(49)28(19(3)4)42-29(46)23(34)9-7-13-37-33(35)36/h5-6,8,10,16,18-19,21,23,25-26,28,38H,7,9,11-15,34H2,1-4H3,(H,39,48)(H,40,49)(H,41,47)(H,42,46)(H,44,45)(H4,35,36,37)/t21-,23-,25-,26-,28-/m0/s1. The predicted molar refractivity (Wildman–Crippen MR) is 184 cm³/mol. The van der Waals surface area contributed by atoms with Gasteiger partial charge in [0.05, 0.1) is 12.1 Å². The SMILES string of the molecule is CC(C)C[C@@H]([C]=O)NC(=O)[C@H](Cc1c[nH]c2ccccc12)NC(=O)[C@H](CCC(=O)O)NC(=O)[C@@H](NC(=O)[C@@H](N)CCCNC(=N)N)C(C)C. The lowest BCUT2D eigenvalue weighted by atomic mass is 10.00. The molecule has 0 unspecified atom stereocenters. The summed E-state index contributed by atoms with van der Waals surface area (Å²) in [6.07, 6.45) is 3.74. The van der Waals surface area contributed by atoms with Crippen molar-refractivity contribution < 1.29 is 33.9 Å². The van der Waals surface area contributed by atoms with Crippen LogP contribution in [0.25, 0.3) is 10.9 Å². The molecule has 49 heavy (non-hydrogen) atoms. The minimum Gasteiger partial charge on any atom is -0.481 e. The topological polar surface area (TPSA) is 274 Å². The van der Waals surface area contributed by atoms with Gasteiger partial charge >= 0.3 is 5.97 Å². The van der Waals surface area contributed by atoms with E-state index in [9.17, 15) is 33.9 Å². The molecule has 5 atom stereocenters. The van der Waals surface area contributed by atoms with Crippen LogP contribution in [0, 0.1) is 17.2 Å². The molecular weight excluding hydrogens is 634 g/mol. The number of carbonyl (C=O) groups excluding carboxylic acids is 5. The summed E-state index contributed by atoms with van der Waals surface area (Å²) < 4.78 is 0. The van der Waals surface area contributed by atoms with Crippen molar-refractivity contribution in [2.75, 3.05) is 6.54 Å². The number of aliphatic carboxylic acids is 1. The Hall–Kier alpha value is -4.99. The Balaban J connectivity index is 2.28. The summed E-state index contributed by atoms with van der Waals surface area (Å²) in [7, 11) is 0. The van der Waals surface area contributed by atoms with E-state index in [1.165, 1.54) is 0 Å². The van der Waals surface area contributed by atoms with Crippen molar-refractivity contribution in [3.63, 3.8) is 0 Å². The van der Waals surface area contributed by atoms with Gasteiger partial charge in [-0.2, -0.15) is 0 Å². The predicted octanol–water partition coefficient (Wildman–Crippen LogP) is -0.0832.